The fourth-order valence-corrected chi connectivity index (χ4v) is 2.19. The topological polar surface area (TPSA) is 29.1 Å². The van der Waals surface area contributed by atoms with E-state index in [2.05, 4.69) is 5.32 Å². The van der Waals surface area contributed by atoms with Crippen LogP contribution >= 0.6 is 0 Å². The van der Waals surface area contributed by atoms with Gasteiger partial charge >= 0.3 is 0 Å². The second-order valence-corrected chi connectivity index (χ2v) is 4.31. The molecule has 0 bridgehead atoms. The van der Waals surface area contributed by atoms with Crippen molar-refractivity contribution in [1.29, 1.82) is 0 Å². The molecule has 2 aromatic carbocycles. The molecule has 3 rings (SSSR count). The van der Waals surface area contributed by atoms with Crippen LogP contribution < -0.4 is 5.32 Å². The summed E-state index contributed by atoms with van der Waals surface area (Å²) < 4.78 is 0. The molecule has 0 saturated heterocycles. The molecule has 1 unspecified atom stereocenters. The summed E-state index contributed by atoms with van der Waals surface area (Å²) in [5.74, 6) is -0.00458. The van der Waals surface area contributed by atoms with Gasteiger partial charge in [0.05, 0.1) is 6.04 Å². The summed E-state index contributed by atoms with van der Waals surface area (Å²) in [6, 6.07) is 19.7. The Morgan fingerprint density at radius 1 is 0.833 bits per heavy atom. The average Bonchev–Trinajstić information content (AvgIpc) is 2.83. The van der Waals surface area contributed by atoms with E-state index >= 15 is 0 Å². The molecular formula is C16H13NO. The molecule has 1 amide bonds. The Balaban J connectivity index is 1.95. The monoisotopic (exact) mass is 235 g/mol. The van der Waals surface area contributed by atoms with Crippen LogP contribution in [-0.2, 0) is 4.79 Å². The summed E-state index contributed by atoms with van der Waals surface area (Å²) in [5.41, 5.74) is 2.83. The van der Waals surface area contributed by atoms with Crippen molar-refractivity contribution >= 4 is 11.5 Å². The lowest BCUT2D eigenvalue weighted by Gasteiger charge is -2.07. The third-order valence-corrected chi connectivity index (χ3v) is 3.11. The minimum Gasteiger partial charge on any atom is -0.342 e. The number of nitrogens with one attached hydrogen (secondary N) is 1. The maximum atomic E-state index is 12.0. The van der Waals surface area contributed by atoms with E-state index in [4.69, 9.17) is 0 Å². The lowest BCUT2D eigenvalue weighted by atomic mass is 10.0. The highest BCUT2D eigenvalue weighted by Crippen LogP contribution is 2.27. The van der Waals surface area contributed by atoms with Crippen LogP contribution in [0.5, 0.6) is 0 Å². The number of hydrogen-bond donors (Lipinski definition) is 1. The molecule has 18 heavy (non-hydrogen) atoms. The first-order chi connectivity index (χ1) is 8.84. The molecule has 1 N–H and O–H groups in total. The highest BCUT2D eigenvalue weighted by Gasteiger charge is 2.24. The number of carbonyl (C=O) groups excluding carboxylic acids is 1. The van der Waals surface area contributed by atoms with E-state index in [-0.39, 0.29) is 11.9 Å². The maximum absolute atomic E-state index is 12.0. The molecule has 0 spiro atoms. The highest BCUT2D eigenvalue weighted by atomic mass is 16.2. The molecule has 0 aromatic heterocycles. The second-order valence-electron chi connectivity index (χ2n) is 4.31. The van der Waals surface area contributed by atoms with Crippen LogP contribution in [0.25, 0.3) is 5.57 Å². The zero-order valence-electron chi connectivity index (χ0n) is 9.84. The Kier molecular flexibility index (Phi) is 2.69. The fourth-order valence-electron chi connectivity index (χ4n) is 2.19. The Morgan fingerprint density at radius 3 is 2.11 bits per heavy atom. The molecule has 2 nitrogen and oxygen atoms in total. The summed E-state index contributed by atoms with van der Waals surface area (Å²) in [7, 11) is 0. The Hall–Kier alpha value is -2.35. The molecule has 0 aliphatic carbocycles. The fraction of sp³-hybridized carbons (Fsp3) is 0.0625. The van der Waals surface area contributed by atoms with E-state index in [1.807, 2.05) is 66.7 Å². The predicted octanol–water partition coefficient (Wildman–Crippen LogP) is 2.94. The molecule has 1 atom stereocenters. The summed E-state index contributed by atoms with van der Waals surface area (Å²) in [6.07, 6.45) is 1.99. The molecule has 88 valence electrons. The van der Waals surface area contributed by atoms with Crippen LogP contribution in [0.3, 0.4) is 0 Å². The minimum absolute atomic E-state index is 0.00458. The van der Waals surface area contributed by atoms with E-state index in [1.54, 1.807) is 0 Å². The first kappa shape index (κ1) is 10.8. The molecule has 1 aliphatic rings. The quantitative estimate of drug-likeness (QED) is 0.852. The van der Waals surface area contributed by atoms with Crippen LogP contribution in [0.1, 0.15) is 17.2 Å². The summed E-state index contributed by atoms with van der Waals surface area (Å²) in [5, 5.41) is 2.99. The van der Waals surface area contributed by atoms with Crippen LogP contribution in [0.2, 0.25) is 0 Å². The van der Waals surface area contributed by atoms with Crippen molar-refractivity contribution in [2.45, 2.75) is 6.04 Å². The van der Waals surface area contributed by atoms with Crippen molar-refractivity contribution in [2.75, 3.05) is 0 Å². The largest absolute Gasteiger partial charge is 0.342 e. The van der Waals surface area contributed by atoms with Gasteiger partial charge in [-0.05, 0) is 17.2 Å². The molecular weight excluding hydrogens is 222 g/mol. The Morgan fingerprint density at radius 2 is 1.44 bits per heavy atom. The van der Waals surface area contributed by atoms with Crippen molar-refractivity contribution < 1.29 is 4.79 Å². The number of rotatable bonds is 2. The van der Waals surface area contributed by atoms with Gasteiger partial charge in [-0.2, -0.15) is 0 Å². The zero-order chi connectivity index (χ0) is 12.4. The molecule has 1 heterocycles. The van der Waals surface area contributed by atoms with Crippen LogP contribution in [-0.4, -0.2) is 5.91 Å². The van der Waals surface area contributed by atoms with Gasteiger partial charge in [0.1, 0.15) is 0 Å². The summed E-state index contributed by atoms with van der Waals surface area (Å²) in [6.45, 7) is 0. The smallest absolute Gasteiger partial charge is 0.252 e. The van der Waals surface area contributed by atoms with Gasteiger partial charge in [-0.3, -0.25) is 4.79 Å². The van der Waals surface area contributed by atoms with Crippen molar-refractivity contribution in [3.05, 3.63) is 77.9 Å². The predicted molar refractivity (Wildman–Crippen MR) is 71.7 cm³/mol. The third-order valence-electron chi connectivity index (χ3n) is 3.11. The first-order valence-corrected chi connectivity index (χ1v) is 5.97. The van der Waals surface area contributed by atoms with Gasteiger partial charge in [0, 0.05) is 5.57 Å². The van der Waals surface area contributed by atoms with Crippen molar-refractivity contribution in [1.82, 2.24) is 5.32 Å². The van der Waals surface area contributed by atoms with E-state index in [9.17, 15) is 4.79 Å². The van der Waals surface area contributed by atoms with Crippen LogP contribution in [0.4, 0.5) is 0 Å². The lowest BCUT2D eigenvalue weighted by molar-refractivity contribution is -0.115. The van der Waals surface area contributed by atoms with Gasteiger partial charge in [-0.25, -0.2) is 0 Å². The first-order valence-electron chi connectivity index (χ1n) is 5.97. The molecule has 2 aromatic rings. The summed E-state index contributed by atoms with van der Waals surface area (Å²) in [4.78, 5) is 12.0. The maximum Gasteiger partial charge on any atom is 0.252 e. The van der Waals surface area contributed by atoms with Gasteiger partial charge in [0.15, 0.2) is 0 Å². The Labute approximate surface area is 106 Å². The van der Waals surface area contributed by atoms with Crippen LogP contribution in [0, 0.1) is 0 Å². The van der Waals surface area contributed by atoms with Gasteiger partial charge < -0.3 is 5.32 Å². The number of carbonyl (C=O) groups is 1. The van der Waals surface area contributed by atoms with Gasteiger partial charge in [-0.1, -0.05) is 60.7 Å². The van der Waals surface area contributed by atoms with E-state index in [1.165, 1.54) is 0 Å². The van der Waals surface area contributed by atoms with E-state index in [0.29, 0.717) is 0 Å². The zero-order valence-corrected chi connectivity index (χ0v) is 9.84. The highest BCUT2D eigenvalue weighted by molar-refractivity contribution is 6.21. The third kappa shape index (κ3) is 1.93. The number of amides is 1. The van der Waals surface area contributed by atoms with Gasteiger partial charge in [-0.15, -0.1) is 0 Å². The van der Waals surface area contributed by atoms with Crippen molar-refractivity contribution in [2.24, 2.45) is 0 Å². The molecule has 2 heteroatoms. The normalized spacial score (nSPS) is 18.3. The second kappa shape index (κ2) is 4.49. The van der Waals surface area contributed by atoms with Gasteiger partial charge in [0.25, 0.3) is 5.91 Å². The standard InChI is InChI=1S/C16H13NO/c18-16-14(12-7-3-1-4-8-12)11-15(17-16)13-9-5-2-6-10-13/h1-11,15H,(H,17,18). The molecule has 0 fully saturated rings. The molecule has 0 saturated carbocycles. The van der Waals surface area contributed by atoms with Crippen molar-refractivity contribution in [3.63, 3.8) is 0 Å². The summed E-state index contributed by atoms with van der Waals surface area (Å²) >= 11 is 0. The molecule has 1 aliphatic heterocycles. The average molecular weight is 235 g/mol. The van der Waals surface area contributed by atoms with Crippen LogP contribution in [0.15, 0.2) is 66.7 Å². The lowest BCUT2D eigenvalue weighted by Crippen LogP contribution is -2.20. The number of hydrogen-bond acceptors (Lipinski definition) is 1. The number of benzene rings is 2. The minimum atomic E-state index is -0.0195. The van der Waals surface area contributed by atoms with Crippen molar-refractivity contribution in [3.8, 4) is 0 Å². The van der Waals surface area contributed by atoms with E-state index in [0.717, 1.165) is 16.7 Å². The van der Waals surface area contributed by atoms with Gasteiger partial charge in [0.2, 0.25) is 0 Å². The Bertz CT molecular complexity index is 587. The molecule has 0 radical (unpaired) electrons. The van der Waals surface area contributed by atoms with E-state index < -0.39 is 0 Å². The SMILES string of the molecule is O=C1NC(c2ccccc2)C=C1c1ccccc1.